The second kappa shape index (κ2) is 10.7. The number of hydrogen-bond acceptors (Lipinski definition) is 4. The molecule has 0 unspecified atom stereocenters. The van der Waals surface area contributed by atoms with Crippen LogP contribution in [0.15, 0.2) is 48.5 Å². The number of carbonyl (C=O) groups is 3. The molecule has 4 N–H and O–H groups in total. The van der Waals surface area contributed by atoms with Crippen molar-refractivity contribution in [3.05, 3.63) is 59.7 Å². The summed E-state index contributed by atoms with van der Waals surface area (Å²) in [5, 5.41) is 5.63. The van der Waals surface area contributed by atoms with Crippen LogP contribution in [0.3, 0.4) is 0 Å². The number of nitrogens with zero attached hydrogens (tertiary/aromatic N) is 1. The molecule has 2 aromatic rings. The Bertz CT molecular complexity index is 901. The van der Waals surface area contributed by atoms with E-state index >= 15 is 0 Å². The highest BCUT2D eigenvalue weighted by Gasteiger charge is 2.22. The quantitative estimate of drug-likeness (QED) is 0.608. The second-order valence-corrected chi connectivity index (χ2v) is 8.07. The van der Waals surface area contributed by atoms with Crippen molar-refractivity contribution in [3.63, 3.8) is 0 Å². The van der Waals surface area contributed by atoms with Crippen LogP contribution >= 0.6 is 0 Å². The predicted molar refractivity (Wildman–Crippen MR) is 122 cm³/mol. The third kappa shape index (κ3) is 7.22. The van der Waals surface area contributed by atoms with Crippen LogP contribution in [0.2, 0.25) is 0 Å². The molecule has 7 heteroatoms. The molecule has 1 aliphatic heterocycles. The molecule has 2 aromatic carbocycles. The first-order chi connectivity index (χ1) is 14.9. The number of hydrogen-bond donors (Lipinski definition) is 3. The van der Waals surface area contributed by atoms with Crippen LogP contribution in [0.4, 0.5) is 11.4 Å². The van der Waals surface area contributed by atoms with Crippen molar-refractivity contribution in [3.8, 4) is 0 Å². The molecule has 0 spiro atoms. The molecular weight excluding hydrogens is 392 g/mol. The number of carbonyl (C=O) groups excluding carboxylic acids is 3. The smallest absolute Gasteiger partial charge is 0.228 e. The maximum atomic E-state index is 12.3. The average molecular weight is 423 g/mol. The maximum Gasteiger partial charge on any atom is 0.228 e. The van der Waals surface area contributed by atoms with Crippen molar-refractivity contribution >= 4 is 29.1 Å². The van der Waals surface area contributed by atoms with Crippen LogP contribution in [-0.4, -0.2) is 42.3 Å². The summed E-state index contributed by atoms with van der Waals surface area (Å²) in [5.41, 5.74) is 8.96. The zero-order valence-corrected chi connectivity index (χ0v) is 17.9. The fourth-order valence-corrected chi connectivity index (χ4v) is 3.78. The lowest BCUT2D eigenvalue weighted by Crippen LogP contribution is -2.39. The number of anilines is 2. The van der Waals surface area contributed by atoms with Gasteiger partial charge in [0.05, 0.1) is 6.42 Å². The third-order valence-electron chi connectivity index (χ3n) is 5.58. The summed E-state index contributed by atoms with van der Waals surface area (Å²) in [5.74, 6) is -0.368. The van der Waals surface area contributed by atoms with E-state index < -0.39 is 0 Å². The lowest BCUT2D eigenvalue weighted by atomic mass is 9.96. The number of nitrogens with two attached hydrogens (primary N) is 1. The first kappa shape index (κ1) is 22.5. The highest BCUT2D eigenvalue weighted by atomic mass is 16.2. The van der Waals surface area contributed by atoms with Crippen LogP contribution in [0, 0.1) is 5.92 Å². The molecule has 3 amide bonds. The Hall–Kier alpha value is -3.19. The van der Waals surface area contributed by atoms with Gasteiger partial charge < -0.3 is 21.3 Å². The van der Waals surface area contributed by atoms with Gasteiger partial charge in [-0.15, -0.1) is 0 Å². The Balaban J connectivity index is 1.42. The third-order valence-corrected chi connectivity index (χ3v) is 5.58. The molecule has 3 rings (SSSR count). The number of primary amides is 1. The zero-order chi connectivity index (χ0) is 22.2. The van der Waals surface area contributed by atoms with Gasteiger partial charge in [0.2, 0.25) is 17.7 Å². The standard InChI is InChI=1S/C24H30N4O3/c1-17(29)26-21-8-4-19(5-9-21)16-23(30)27-22-6-2-18(3-7-22)10-13-28-14-11-20(12-15-28)24(25)31/h2-9,20H,10-16H2,1H3,(H2,25,31)(H,26,29)(H,27,30). The molecule has 164 valence electrons. The summed E-state index contributed by atoms with van der Waals surface area (Å²) in [4.78, 5) is 37.0. The van der Waals surface area contributed by atoms with Gasteiger partial charge in [-0.25, -0.2) is 0 Å². The fourth-order valence-electron chi connectivity index (χ4n) is 3.78. The molecule has 0 radical (unpaired) electrons. The number of rotatable bonds is 8. The Labute approximate surface area is 183 Å². The first-order valence-electron chi connectivity index (χ1n) is 10.7. The van der Waals surface area contributed by atoms with Gasteiger partial charge in [-0.2, -0.15) is 0 Å². The Kier molecular flexibility index (Phi) is 7.78. The molecule has 1 aliphatic rings. The number of amides is 3. The molecule has 0 aromatic heterocycles. The summed E-state index contributed by atoms with van der Waals surface area (Å²) < 4.78 is 0. The Morgan fingerprint density at radius 1 is 0.903 bits per heavy atom. The normalized spacial score (nSPS) is 14.7. The number of benzene rings is 2. The van der Waals surface area contributed by atoms with E-state index in [4.69, 9.17) is 5.73 Å². The van der Waals surface area contributed by atoms with Crippen LogP contribution in [-0.2, 0) is 27.2 Å². The Morgan fingerprint density at radius 3 is 2.00 bits per heavy atom. The van der Waals surface area contributed by atoms with Crippen LogP contribution in [0.25, 0.3) is 0 Å². The van der Waals surface area contributed by atoms with Crippen molar-refractivity contribution in [2.24, 2.45) is 11.7 Å². The minimum atomic E-state index is -0.181. The minimum Gasteiger partial charge on any atom is -0.369 e. The largest absolute Gasteiger partial charge is 0.369 e. The van der Waals surface area contributed by atoms with E-state index in [1.807, 2.05) is 36.4 Å². The fraction of sp³-hybridized carbons (Fsp3) is 0.375. The number of nitrogens with one attached hydrogen (secondary N) is 2. The van der Waals surface area contributed by atoms with Crippen LogP contribution in [0.1, 0.15) is 30.9 Å². The van der Waals surface area contributed by atoms with Gasteiger partial charge >= 0.3 is 0 Å². The molecular formula is C24H30N4O3. The average Bonchev–Trinajstić information content (AvgIpc) is 2.74. The minimum absolute atomic E-state index is 0.0225. The highest BCUT2D eigenvalue weighted by Crippen LogP contribution is 2.18. The maximum absolute atomic E-state index is 12.3. The lowest BCUT2D eigenvalue weighted by molar-refractivity contribution is -0.123. The van der Waals surface area contributed by atoms with Crippen LogP contribution < -0.4 is 16.4 Å². The summed E-state index contributed by atoms with van der Waals surface area (Å²) in [6, 6.07) is 15.2. The molecule has 0 bridgehead atoms. The number of piperidine rings is 1. The van der Waals surface area contributed by atoms with Gasteiger partial charge in [0.25, 0.3) is 0 Å². The van der Waals surface area contributed by atoms with Gasteiger partial charge in [0, 0.05) is 30.8 Å². The van der Waals surface area contributed by atoms with E-state index in [9.17, 15) is 14.4 Å². The second-order valence-electron chi connectivity index (χ2n) is 8.07. The molecule has 1 heterocycles. The predicted octanol–water partition coefficient (Wildman–Crippen LogP) is 2.57. The van der Waals surface area contributed by atoms with Gasteiger partial charge in [0.15, 0.2) is 0 Å². The van der Waals surface area contributed by atoms with Crippen molar-refractivity contribution in [1.82, 2.24) is 4.90 Å². The monoisotopic (exact) mass is 422 g/mol. The molecule has 7 nitrogen and oxygen atoms in total. The SMILES string of the molecule is CC(=O)Nc1ccc(CC(=O)Nc2ccc(CCN3CCC(C(N)=O)CC3)cc2)cc1. The molecule has 1 fully saturated rings. The van der Waals surface area contributed by atoms with Gasteiger partial charge in [-0.05, 0) is 67.7 Å². The molecule has 0 saturated carbocycles. The summed E-state index contributed by atoms with van der Waals surface area (Å²) >= 11 is 0. The van der Waals surface area contributed by atoms with E-state index in [2.05, 4.69) is 15.5 Å². The van der Waals surface area contributed by atoms with Gasteiger partial charge in [-0.1, -0.05) is 24.3 Å². The molecule has 0 atom stereocenters. The molecule has 1 saturated heterocycles. The van der Waals surface area contributed by atoms with Gasteiger partial charge in [0.1, 0.15) is 0 Å². The van der Waals surface area contributed by atoms with Crippen molar-refractivity contribution in [2.45, 2.75) is 32.6 Å². The number of likely N-dealkylation sites (tertiary alicyclic amines) is 1. The van der Waals surface area contributed by atoms with Crippen molar-refractivity contribution < 1.29 is 14.4 Å². The highest BCUT2D eigenvalue weighted by molar-refractivity contribution is 5.92. The van der Waals surface area contributed by atoms with Gasteiger partial charge in [-0.3, -0.25) is 14.4 Å². The van der Waals surface area contributed by atoms with E-state index in [1.165, 1.54) is 12.5 Å². The topological polar surface area (TPSA) is 105 Å². The summed E-state index contributed by atoms with van der Waals surface area (Å²) in [7, 11) is 0. The van der Waals surface area contributed by atoms with Crippen molar-refractivity contribution in [1.29, 1.82) is 0 Å². The summed E-state index contributed by atoms with van der Waals surface area (Å²) in [6.45, 7) is 4.23. The molecule has 31 heavy (non-hydrogen) atoms. The van der Waals surface area contributed by atoms with E-state index in [0.717, 1.165) is 50.1 Å². The Morgan fingerprint density at radius 2 is 1.45 bits per heavy atom. The zero-order valence-electron chi connectivity index (χ0n) is 17.9. The van der Waals surface area contributed by atoms with E-state index in [0.29, 0.717) is 5.69 Å². The molecule has 0 aliphatic carbocycles. The first-order valence-corrected chi connectivity index (χ1v) is 10.7. The van der Waals surface area contributed by atoms with Crippen LogP contribution in [0.5, 0.6) is 0 Å². The van der Waals surface area contributed by atoms with E-state index in [-0.39, 0.29) is 30.1 Å². The summed E-state index contributed by atoms with van der Waals surface area (Å²) in [6.07, 6.45) is 2.88. The van der Waals surface area contributed by atoms with Crippen molar-refractivity contribution in [2.75, 3.05) is 30.3 Å². The van der Waals surface area contributed by atoms with E-state index in [1.54, 1.807) is 12.1 Å². The lowest BCUT2D eigenvalue weighted by Gasteiger charge is -2.30.